The number of ether oxygens (including phenoxy) is 1. The maximum Gasteiger partial charge on any atom is 0.261 e. The summed E-state index contributed by atoms with van der Waals surface area (Å²) >= 11 is 0. The Labute approximate surface area is 200 Å². The first-order chi connectivity index (χ1) is 16.0. The van der Waals surface area contributed by atoms with E-state index in [9.17, 15) is 13.2 Å². The van der Waals surface area contributed by atoms with Crippen LogP contribution in [0.2, 0.25) is 0 Å². The van der Waals surface area contributed by atoms with Gasteiger partial charge in [0.15, 0.2) is 0 Å². The van der Waals surface area contributed by atoms with Gasteiger partial charge in [0, 0.05) is 23.1 Å². The van der Waals surface area contributed by atoms with Crippen molar-refractivity contribution < 1.29 is 17.9 Å². The molecule has 34 heavy (non-hydrogen) atoms. The molecule has 4 aromatic rings. The van der Waals surface area contributed by atoms with E-state index in [1.54, 1.807) is 42.6 Å². The third-order valence-electron chi connectivity index (χ3n) is 5.44. The normalized spacial score (nSPS) is 12.0. The average molecular weight is 477 g/mol. The highest BCUT2D eigenvalue weighted by molar-refractivity contribution is 7.92. The van der Waals surface area contributed by atoms with Gasteiger partial charge in [0.05, 0.1) is 16.1 Å². The van der Waals surface area contributed by atoms with Gasteiger partial charge in [-0.1, -0.05) is 68.8 Å². The lowest BCUT2D eigenvalue weighted by Crippen LogP contribution is -2.26. The van der Waals surface area contributed by atoms with Crippen molar-refractivity contribution in [3.8, 4) is 5.75 Å². The fraction of sp³-hybridized carbons (Fsp3) is 0.222. The highest BCUT2D eigenvalue weighted by atomic mass is 32.2. The maximum absolute atomic E-state index is 13.2. The number of benzene rings is 3. The number of anilines is 1. The standard InChI is InChI=1S/C27H28N2O4S/c1-19-10-12-23(13-11-19)34(31,32)28-24-17-22(33-18-20-8-6-5-7-9-20)16-21-14-15-29(25(21)24)26(30)27(2,3)4/h5-17,28H,18H2,1-4H3. The molecular formula is C27H28N2O4S. The molecule has 0 aliphatic rings. The molecule has 7 heteroatoms. The number of hydrogen-bond donors (Lipinski definition) is 1. The zero-order valence-electron chi connectivity index (χ0n) is 19.7. The summed E-state index contributed by atoms with van der Waals surface area (Å²) in [4.78, 5) is 13.3. The quantitative estimate of drug-likeness (QED) is 0.369. The van der Waals surface area contributed by atoms with Crippen LogP contribution in [0.25, 0.3) is 10.9 Å². The van der Waals surface area contributed by atoms with E-state index in [-0.39, 0.29) is 16.5 Å². The second-order valence-electron chi connectivity index (χ2n) is 9.34. The first-order valence-corrected chi connectivity index (χ1v) is 12.5. The molecule has 0 aliphatic heterocycles. The summed E-state index contributed by atoms with van der Waals surface area (Å²) in [6, 6.07) is 21.6. The molecule has 6 nitrogen and oxygen atoms in total. The highest BCUT2D eigenvalue weighted by Gasteiger charge is 2.26. The minimum Gasteiger partial charge on any atom is -0.489 e. The number of sulfonamides is 1. The molecule has 0 atom stereocenters. The first-order valence-electron chi connectivity index (χ1n) is 11.0. The molecule has 0 radical (unpaired) electrons. The summed E-state index contributed by atoms with van der Waals surface area (Å²) in [5.74, 6) is 0.357. The van der Waals surface area contributed by atoms with Crippen molar-refractivity contribution in [2.75, 3.05) is 4.72 Å². The molecule has 0 unspecified atom stereocenters. The Morgan fingerprint density at radius 3 is 2.29 bits per heavy atom. The van der Waals surface area contributed by atoms with E-state index in [0.29, 0.717) is 23.3 Å². The van der Waals surface area contributed by atoms with Crippen LogP contribution in [0, 0.1) is 12.3 Å². The van der Waals surface area contributed by atoms with Crippen molar-refractivity contribution in [2.45, 2.75) is 39.2 Å². The minimum absolute atomic E-state index is 0.141. The lowest BCUT2D eigenvalue weighted by Gasteiger charge is -2.20. The fourth-order valence-corrected chi connectivity index (χ4v) is 4.67. The Balaban J connectivity index is 1.79. The number of aryl methyl sites for hydroxylation is 1. The maximum atomic E-state index is 13.2. The Kier molecular flexibility index (Phi) is 6.23. The number of aromatic nitrogens is 1. The second-order valence-corrected chi connectivity index (χ2v) is 11.0. The number of hydrogen-bond acceptors (Lipinski definition) is 4. The summed E-state index contributed by atoms with van der Waals surface area (Å²) in [6.45, 7) is 7.71. The Morgan fingerprint density at radius 1 is 0.971 bits per heavy atom. The third-order valence-corrected chi connectivity index (χ3v) is 6.82. The van der Waals surface area contributed by atoms with Gasteiger partial charge in [-0.2, -0.15) is 0 Å². The lowest BCUT2D eigenvalue weighted by molar-refractivity contribution is 0.0773. The summed E-state index contributed by atoms with van der Waals surface area (Å²) in [6.07, 6.45) is 1.67. The predicted molar refractivity (Wildman–Crippen MR) is 135 cm³/mol. The lowest BCUT2D eigenvalue weighted by atomic mass is 9.95. The molecule has 0 saturated heterocycles. The second kappa shape index (κ2) is 8.99. The van der Waals surface area contributed by atoms with Crippen molar-refractivity contribution in [1.82, 2.24) is 4.57 Å². The van der Waals surface area contributed by atoms with Gasteiger partial charge in [-0.25, -0.2) is 8.42 Å². The average Bonchev–Trinajstić information content (AvgIpc) is 3.21. The molecule has 0 spiro atoms. The number of nitrogens with one attached hydrogen (secondary N) is 1. The van der Waals surface area contributed by atoms with Crippen LogP contribution in [0.3, 0.4) is 0 Å². The number of fused-ring (bicyclic) bond motifs is 1. The van der Waals surface area contributed by atoms with Gasteiger partial charge in [-0.3, -0.25) is 14.1 Å². The zero-order valence-corrected chi connectivity index (χ0v) is 20.5. The summed E-state index contributed by atoms with van der Waals surface area (Å²) < 4.78 is 36.6. The number of carbonyl (C=O) groups is 1. The van der Waals surface area contributed by atoms with E-state index in [1.165, 1.54) is 4.57 Å². The fourth-order valence-electron chi connectivity index (χ4n) is 3.61. The summed E-state index contributed by atoms with van der Waals surface area (Å²) in [7, 11) is -3.89. The van der Waals surface area contributed by atoms with Crippen LogP contribution in [-0.2, 0) is 16.6 Å². The van der Waals surface area contributed by atoms with E-state index in [1.807, 2.05) is 64.1 Å². The van der Waals surface area contributed by atoms with Gasteiger partial charge in [0.2, 0.25) is 5.91 Å². The molecule has 176 valence electrons. The Hall–Kier alpha value is -3.58. The van der Waals surface area contributed by atoms with E-state index >= 15 is 0 Å². The van der Waals surface area contributed by atoms with E-state index < -0.39 is 15.4 Å². The zero-order chi connectivity index (χ0) is 24.5. The van der Waals surface area contributed by atoms with Crippen molar-refractivity contribution in [1.29, 1.82) is 0 Å². The first kappa shape index (κ1) is 23.6. The third kappa shape index (κ3) is 4.99. The van der Waals surface area contributed by atoms with Crippen molar-refractivity contribution >= 4 is 32.5 Å². The Morgan fingerprint density at radius 2 is 1.65 bits per heavy atom. The van der Waals surface area contributed by atoms with Crippen LogP contribution in [0.5, 0.6) is 5.75 Å². The van der Waals surface area contributed by atoms with Crippen LogP contribution < -0.4 is 9.46 Å². The van der Waals surface area contributed by atoms with Crippen LogP contribution >= 0.6 is 0 Å². The van der Waals surface area contributed by atoms with Crippen LogP contribution in [-0.4, -0.2) is 18.9 Å². The smallest absolute Gasteiger partial charge is 0.261 e. The van der Waals surface area contributed by atoms with Crippen LogP contribution in [0.15, 0.2) is 83.9 Å². The molecule has 0 fully saturated rings. The number of nitrogens with zero attached hydrogens (tertiary/aromatic N) is 1. The number of rotatable bonds is 6. The van der Waals surface area contributed by atoms with Gasteiger partial charge in [-0.05, 0) is 36.8 Å². The molecule has 1 heterocycles. The summed E-state index contributed by atoms with van der Waals surface area (Å²) in [5.41, 5.74) is 2.07. The minimum atomic E-state index is -3.89. The van der Waals surface area contributed by atoms with Crippen molar-refractivity contribution in [3.63, 3.8) is 0 Å². The van der Waals surface area contributed by atoms with E-state index in [2.05, 4.69) is 4.72 Å². The molecule has 0 aliphatic carbocycles. The van der Waals surface area contributed by atoms with Crippen LogP contribution in [0.1, 0.15) is 36.7 Å². The van der Waals surface area contributed by atoms with Gasteiger partial charge in [0.1, 0.15) is 12.4 Å². The van der Waals surface area contributed by atoms with Gasteiger partial charge < -0.3 is 4.74 Å². The molecule has 1 N–H and O–H groups in total. The Bertz CT molecular complexity index is 1430. The largest absolute Gasteiger partial charge is 0.489 e. The van der Waals surface area contributed by atoms with Gasteiger partial charge >= 0.3 is 0 Å². The molecule has 1 aromatic heterocycles. The SMILES string of the molecule is Cc1ccc(S(=O)(=O)Nc2cc(OCc3ccccc3)cc3ccn(C(=O)C(C)(C)C)c23)cc1. The molecule has 0 bridgehead atoms. The molecule has 4 rings (SSSR count). The topological polar surface area (TPSA) is 77.4 Å². The molecule has 0 saturated carbocycles. The predicted octanol–water partition coefficient (Wildman–Crippen LogP) is 6.02. The van der Waals surface area contributed by atoms with Crippen molar-refractivity contribution in [3.05, 3.63) is 90.1 Å². The van der Waals surface area contributed by atoms with Gasteiger partial charge in [0.25, 0.3) is 10.0 Å². The van der Waals surface area contributed by atoms with E-state index in [0.717, 1.165) is 11.1 Å². The monoisotopic (exact) mass is 476 g/mol. The molecular weight excluding hydrogens is 448 g/mol. The van der Waals surface area contributed by atoms with Crippen molar-refractivity contribution in [2.24, 2.45) is 5.41 Å². The highest BCUT2D eigenvalue weighted by Crippen LogP contribution is 2.34. The van der Waals surface area contributed by atoms with Crippen LogP contribution in [0.4, 0.5) is 5.69 Å². The number of carbonyl (C=O) groups excluding carboxylic acids is 1. The van der Waals surface area contributed by atoms with Gasteiger partial charge in [-0.15, -0.1) is 0 Å². The summed E-state index contributed by atoms with van der Waals surface area (Å²) in [5, 5.41) is 0.699. The molecule has 3 aromatic carbocycles. The van der Waals surface area contributed by atoms with E-state index in [4.69, 9.17) is 4.74 Å². The molecule has 0 amide bonds.